The van der Waals surface area contributed by atoms with Crippen molar-refractivity contribution in [1.82, 2.24) is 4.72 Å². The van der Waals surface area contributed by atoms with Crippen molar-refractivity contribution in [2.75, 3.05) is 5.75 Å². The zero-order valence-corrected chi connectivity index (χ0v) is 12.9. The molecule has 20 heavy (non-hydrogen) atoms. The molecule has 2 atom stereocenters. The average Bonchev–Trinajstić information content (AvgIpc) is 2.72. The second-order valence-electron chi connectivity index (χ2n) is 5.53. The predicted octanol–water partition coefficient (Wildman–Crippen LogP) is 2.00. The van der Waals surface area contributed by atoms with Crippen molar-refractivity contribution in [3.63, 3.8) is 0 Å². The van der Waals surface area contributed by atoms with E-state index < -0.39 is 22.2 Å². The van der Waals surface area contributed by atoms with Crippen LogP contribution in [0.25, 0.3) is 0 Å². The maximum atomic E-state index is 12.2. The lowest BCUT2D eigenvalue weighted by Gasteiger charge is -2.20. The van der Waals surface area contributed by atoms with Crippen LogP contribution in [-0.2, 0) is 16.4 Å². The molecule has 112 valence electrons. The summed E-state index contributed by atoms with van der Waals surface area (Å²) < 4.78 is 27.2. The fraction of sp³-hybridized carbons (Fsp3) is 0.600. The molecule has 0 spiro atoms. The number of nitrogens with one attached hydrogen (secondary N) is 1. The zero-order chi connectivity index (χ0) is 14.8. The highest BCUT2D eigenvalue weighted by molar-refractivity contribution is 7.89. The first-order valence-corrected chi connectivity index (χ1v) is 8.88. The molecule has 0 bridgehead atoms. The fourth-order valence-electron chi connectivity index (χ4n) is 2.79. The van der Waals surface area contributed by atoms with Crippen LogP contribution >= 0.6 is 0 Å². The van der Waals surface area contributed by atoms with Crippen molar-refractivity contribution in [3.8, 4) is 0 Å². The van der Waals surface area contributed by atoms with Gasteiger partial charge in [0, 0.05) is 6.42 Å². The number of benzene rings is 1. The Bertz CT molecular complexity index is 552. The summed E-state index contributed by atoms with van der Waals surface area (Å²) in [6, 6.07) is 7.10. The van der Waals surface area contributed by atoms with Crippen LogP contribution in [0.3, 0.4) is 0 Å². The summed E-state index contributed by atoms with van der Waals surface area (Å²) in [6.45, 7) is 4.01. The second-order valence-corrected chi connectivity index (χ2v) is 7.33. The molecule has 0 aromatic heterocycles. The second kappa shape index (κ2) is 6.24. The van der Waals surface area contributed by atoms with Gasteiger partial charge in [-0.15, -0.1) is 0 Å². The molecule has 4 nitrogen and oxygen atoms in total. The van der Waals surface area contributed by atoms with Gasteiger partial charge in [0.05, 0.1) is 17.9 Å². The smallest absolute Gasteiger partial charge is 0.212 e. The van der Waals surface area contributed by atoms with Crippen LogP contribution in [0.5, 0.6) is 0 Å². The van der Waals surface area contributed by atoms with Crippen LogP contribution in [0, 0.1) is 5.92 Å². The largest absolute Gasteiger partial charge is 0.391 e. The van der Waals surface area contributed by atoms with Crippen LogP contribution in [0.15, 0.2) is 24.3 Å². The summed E-state index contributed by atoms with van der Waals surface area (Å²) in [7, 11) is -3.37. The minimum Gasteiger partial charge on any atom is -0.391 e. The van der Waals surface area contributed by atoms with Crippen LogP contribution in [0.2, 0.25) is 0 Å². The van der Waals surface area contributed by atoms with E-state index in [1.165, 1.54) is 0 Å². The Kier molecular flexibility index (Phi) is 4.83. The first-order chi connectivity index (χ1) is 9.46. The standard InChI is InChI=1S/C15H23NO3S/c1-3-11(4-2)10-20(18,19)16-15-13-8-6-5-7-12(13)9-14(15)17/h5-8,11,14-17H,3-4,9-10H2,1-2H3. The van der Waals surface area contributed by atoms with E-state index in [-0.39, 0.29) is 11.7 Å². The van der Waals surface area contributed by atoms with Crippen LogP contribution in [0.1, 0.15) is 43.9 Å². The molecule has 5 heteroatoms. The minimum absolute atomic E-state index is 0.130. The summed E-state index contributed by atoms with van der Waals surface area (Å²) in [5, 5.41) is 10.1. The van der Waals surface area contributed by atoms with Crippen LogP contribution in [-0.4, -0.2) is 25.4 Å². The molecule has 1 aromatic carbocycles. The Morgan fingerprint density at radius 2 is 1.95 bits per heavy atom. The van der Waals surface area contributed by atoms with E-state index in [0.29, 0.717) is 6.42 Å². The minimum atomic E-state index is -3.37. The number of hydrogen-bond acceptors (Lipinski definition) is 3. The summed E-state index contributed by atoms with van der Waals surface area (Å²) in [6.07, 6.45) is 1.53. The maximum Gasteiger partial charge on any atom is 0.212 e. The van der Waals surface area contributed by atoms with Gasteiger partial charge < -0.3 is 5.11 Å². The van der Waals surface area contributed by atoms with Crippen molar-refractivity contribution in [3.05, 3.63) is 35.4 Å². The van der Waals surface area contributed by atoms with Gasteiger partial charge in [-0.2, -0.15) is 0 Å². The summed E-state index contributed by atoms with van der Waals surface area (Å²) in [4.78, 5) is 0. The van der Waals surface area contributed by atoms with Crippen LogP contribution < -0.4 is 4.72 Å². The van der Waals surface area contributed by atoms with Gasteiger partial charge in [-0.3, -0.25) is 0 Å². The first-order valence-electron chi connectivity index (χ1n) is 7.22. The molecule has 2 rings (SSSR count). The number of fused-ring (bicyclic) bond motifs is 1. The van der Waals surface area contributed by atoms with Crippen molar-refractivity contribution >= 4 is 10.0 Å². The van der Waals surface area contributed by atoms with Crippen molar-refractivity contribution < 1.29 is 13.5 Å². The van der Waals surface area contributed by atoms with Gasteiger partial charge in [-0.1, -0.05) is 51.0 Å². The molecule has 0 radical (unpaired) electrons. The maximum absolute atomic E-state index is 12.2. The molecule has 0 saturated heterocycles. The van der Waals surface area contributed by atoms with E-state index in [4.69, 9.17) is 0 Å². The van der Waals surface area contributed by atoms with Gasteiger partial charge in [-0.05, 0) is 17.0 Å². The molecular formula is C15H23NO3S. The molecular weight excluding hydrogens is 274 g/mol. The Morgan fingerprint density at radius 1 is 1.30 bits per heavy atom. The Hall–Kier alpha value is -0.910. The monoisotopic (exact) mass is 297 g/mol. The lowest BCUT2D eigenvalue weighted by atomic mass is 10.1. The summed E-state index contributed by atoms with van der Waals surface area (Å²) in [5.74, 6) is 0.298. The van der Waals surface area contributed by atoms with Crippen molar-refractivity contribution in [2.45, 2.75) is 45.3 Å². The number of aliphatic hydroxyl groups is 1. The van der Waals surface area contributed by atoms with E-state index in [1.807, 2.05) is 38.1 Å². The van der Waals surface area contributed by atoms with Gasteiger partial charge in [-0.25, -0.2) is 13.1 Å². The number of aliphatic hydroxyl groups excluding tert-OH is 1. The predicted molar refractivity (Wildman–Crippen MR) is 79.9 cm³/mol. The molecule has 0 amide bonds. The highest BCUT2D eigenvalue weighted by Gasteiger charge is 2.34. The summed E-state index contributed by atoms with van der Waals surface area (Å²) in [5.41, 5.74) is 1.92. The highest BCUT2D eigenvalue weighted by atomic mass is 32.2. The van der Waals surface area contributed by atoms with Gasteiger partial charge in [0.2, 0.25) is 10.0 Å². The fourth-order valence-corrected chi connectivity index (χ4v) is 4.65. The highest BCUT2D eigenvalue weighted by Crippen LogP contribution is 2.32. The Labute approximate surface area is 121 Å². The quantitative estimate of drug-likeness (QED) is 0.844. The Morgan fingerprint density at radius 3 is 2.60 bits per heavy atom. The van der Waals surface area contributed by atoms with E-state index in [0.717, 1.165) is 24.0 Å². The molecule has 1 aromatic rings. The number of rotatable bonds is 6. The van der Waals surface area contributed by atoms with E-state index >= 15 is 0 Å². The third-order valence-electron chi connectivity index (χ3n) is 4.12. The normalized spacial score (nSPS) is 22.2. The Balaban J connectivity index is 2.13. The molecule has 0 fully saturated rings. The van der Waals surface area contributed by atoms with Gasteiger partial charge in [0.25, 0.3) is 0 Å². The number of hydrogen-bond donors (Lipinski definition) is 2. The van der Waals surface area contributed by atoms with Crippen molar-refractivity contribution in [1.29, 1.82) is 0 Å². The third-order valence-corrected chi connectivity index (χ3v) is 5.64. The average molecular weight is 297 g/mol. The topological polar surface area (TPSA) is 66.4 Å². The molecule has 1 aliphatic rings. The zero-order valence-electron chi connectivity index (χ0n) is 12.0. The van der Waals surface area contributed by atoms with Gasteiger partial charge in [0.15, 0.2) is 0 Å². The third kappa shape index (κ3) is 3.40. The van der Waals surface area contributed by atoms with E-state index in [1.54, 1.807) is 0 Å². The molecule has 2 unspecified atom stereocenters. The van der Waals surface area contributed by atoms with Gasteiger partial charge in [0.1, 0.15) is 0 Å². The van der Waals surface area contributed by atoms with E-state index in [2.05, 4.69) is 4.72 Å². The SMILES string of the molecule is CCC(CC)CS(=O)(=O)NC1c2ccccc2CC1O. The van der Waals surface area contributed by atoms with E-state index in [9.17, 15) is 13.5 Å². The molecule has 0 heterocycles. The molecule has 0 saturated carbocycles. The van der Waals surface area contributed by atoms with Crippen LogP contribution in [0.4, 0.5) is 0 Å². The molecule has 1 aliphatic carbocycles. The first kappa shape index (κ1) is 15.5. The molecule has 0 aliphatic heterocycles. The molecule has 2 N–H and O–H groups in total. The van der Waals surface area contributed by atoms with Gasteiger partial charge >= 0.3 is 0 Å². The number of sulfonamides is 1. The van der Waals surface area contributed by atoms with Crippen molar-refractivity contribution in [2.24, 2.45) is 5.92 Å². The lowest BCUT2D eigenvalue weighted by molar-refractivity contribution is 0.151. The summed E-state index contributed by atoms with van der Waals surface area (Å²) >= 11 is 0. The lowest BCUT2D eigenvalue weighted by Crippen LogP contribution is -2.36.